The molecule has 2 amide bonds. The van der Waals surface area contributed by atoms with Crippen molar-refractivity contribution in [1.29, 1.82) is 0 Å². The molecule has 0 radical (unpaired) electrons. The second-order valence-electron chi connectivity index (χ2n) is 10.0. The number of ether oxygens (including phenoxy) is 3. The van der Waals surface area contributed by atoms with Crippen molar-refractivity contribution in [3.05, 3.63) is 88.4 Å². The van der Waals surface area contributed by atoms with Crippen molar-refractivity contribution in [3.63, 3.8) is 0 Å². The molecule has 0 aromatic heterocycles. The molecule has 10 heteroatoms. The molecule has 3 aromatic carbocycles. The van der Waals surface area contributed by atoms with Crippen molar-refractivity contribution < 1.29 is 23.8 Å². The van der Waals surface area contributed by atoms with Crippen LogP contribution in [-0.4, -0.2) is 82.2 Å². The molecule has 0 spiro atoms. The summed E-state index contributed by atoms with van der Waals surface area (Å²) in [4.78, 5) is 29.8. The highest BCUT2D eigenvalue weighted by atomic mass is 35.5. The van der Waals surface area contributed by atoms with Crippen LogP contribution >= 0.6 is 11.6 Å². The van der Waals surface area contributed by atoms with E-state index in [1.165, 1.54) is 11.1 Å². The number of carbonyl (C=O) groups is 2. The number of nitrogens with zero attached hydrogens (tertiary/aromatic N) is 2. The van der Waals surface area contributed by atoms with Crippen LogP contribution in [0.2, 0.25) is 5.02 Å². The third kappa shape index (κ3) is 8.15. The molecular formula is C32H39ClN4O5. The Morgan fingerprint density at radius 2 is 1.50 bits per heavy atom. The zero-order valence-corrected chi connectivity index (χ0v) is 25.2. The molecule has 1 aliphatic heterocycles. The van der Waals surface area contributed by atoms with E-state index in [0.29, 0.717) is 35.4 Å². The molecule has 0 aliphatic carbocycles. The molecule has 1 heterocycles. The van der Waals surface area contributed by atoms with Crippen molar-refractivity contribution in [1.82, 2.24) is 20.4 Å². The lowest BCUT2D eigenvalue weighted by molar-refractivity contribution is -0.130. The fraction of sp³-hybridized carbons (Fsp3) is 0.375. The van der Waals surface area contributed by atoms with Gasteiger partial charge in [0.2, 0.25) is 17.6 Å². The van der Waals surface area contributed by atoms with E-state index in [0.717, 1.165) is 25.1 Å². The number of benzene rings is 3. The van der Waals surface area contributed by atoms with Crippen LogP contribution < -0.4 is 24.8 Å². The Morgan fingerprint density at radius 1 is 0.833 bits per heavy atom. The quantitative estimate of drug-likeness (QED) is 0.329. The number of hydrogen-bond acceptors (Lipinski definition) is 7. The normalized spacial score (nSPS) is 14.5. The second-order valence-corrected chi connectivity index (χ2v) is 10.5. The molecule has 224 valence electrons. The molecule has 0 saturated carbocycles. The lowest BCUT2D eigenvalue weighted by Gasteiger charge is -2.31. The monoisotopic (exact) mass is 594 g/mol. The van der Waals surface area contributed by atoms with Crippen LogP contribution in [0.15, 0.2) is 66.7 Å². The smallest absolute Gasteiger partial charge is 0.236 e. The number of nitrogens with one attached hydrogen (secondary N) is 2. The van der Waals surface area contributed by atoms with Crippen molar-refractivity contribution in [2.24, 2.45) is 0 Å². The first kappa shape index (κ1) is 31.2. The minimum absolute atomic E-state index is 0.0166. The first-order valence-electron chi connectivity index (χ1n) is 14.0. The van der Waals surface area contributed by atoms with Gasteiger partial charge >= 0.3 is 0 Å². The standard InChI is InChI=1S/C32H39ClN4O5/c1-40-27-18-23(19-28(41-2)32(27)42-3)20-35-29(38)21-34-22-30(39)36-14-7-15-37(17-16-36)31(24-8-5-4-6-9-24)25-10-12-26(33)13-11-25/h4-6,8-13,18-19,31,34H,7,14-17,20-22H2,1-3H3,(H,35,38). The summed E-state index contributed by atoms with van der Waals surface area (Å²) >= 11 is 6.17. The summed E-state index contributed by atoms with van der Waals surface area (Å²) in [5.74, 6) is 1.30. The first-order chi connectivity index (χ1) is 20.4. The van der Waals surface area contributed by atoms with Crippen LogP contribution in [0.25, 0.3) is 0 Å². The van der Waals surface area contributed by atoms with Gasteiger partial charge in [-0.2, -0.15) is 0 Å². The Morgan fingerprint density at radius 3 is 2.14 bits per heavy atom. The van der Waals surface area contributed by atoms with Gasteiger partial charge in [-0.3, -0.25) is 19.8 Å². The predicted molar refractivity (Wildman–Crippen MR) is 163 cm³/mol. The van der Waals surface area contributed by atoms with Crippen molar-refractivity contribution in [3.8, 4) is 17.2 Å². The number of methoxy groups -OCH3 is 3. The second kappa shape index (κ2) is 15.4. The van der Waals surface area contributed by atoms with Gasteiger partial charge in [0.1, 0.15) is 0 Å². The summed E-state index contributed by atoms with van der Waals surface area (Å²) in [6.45, 7) is 3.30. The topological polar surface area (TPSA) is 92.4 Å². The van der Waals surface area contributed by atoms with E-state index in [9.17, 15) is 9.59 Å². The maximum absolute atomic E-state index is 13.0. The van der Waals surface area contributed by atoms with Crippen molar-refractivity contribution in [2.75, 3.05) is 60.6 Å². The Kier molecular flexibility index (Phi) is 11.5. The summed E-state index contributed by atoms with van der Waals surface area (Å²) in [6, 6.07) is 22.1. The Labute approximate surface area is 252 Å². The molecule has 42 heavy (non-hydrogen) atoms. The van der Waals surface area contributed by atoms with Gasteiger partial charge in [0.25, 0.3) is 0 Å². The van der Waals surface area contributed by atoms with Crippen LogP contribution in [0.5, 0.6) is 17.2 Å². The molecule has 3 aromatic rings. The Hall–Kier alpha value is -3.79. The van der Waals surface area contributed by atoms with Gasteiger partial charge < -0.3 is 24.4 Å². The molecule has 1 aliphatic rings. The molecule has 2 N–H and O–H groups in total. The molecule has 9 nitrogen and oxygen atoms in total. The fourth-order valence-corrected chi connectivity index (χ4v) is 5.36. The number of hydrogen-bond donors (Lipinski definition) is 2. The average Bonchev–Trinajstić information content (AvgIpc) is 3.27. The van der Waals surface area contributed by atoms with Crippen LogP contribution in [0.4, 0.5) is 0 Å². The van der Waals surface area contributed by atoms with Crippen molar-refractivity contribution in [2.45, 2.75) is 19.0 Å². The largest absolute Gasteiger partial charge is 0.493 e. The lowest BCUT2D eigenvalue weighted by Crippen LogP contribution is -2.43. The summed E-state index contributed by atoms with van der Waals surface area (Å²) in [6.07, 6.45) is 0.859. The minimum atomic E-state index is -0.215. The number of amides is 2. The summed E-state index contributed by atoms with van der Waals surface area (Å²) in [7, 11) is 4.63. The van der Waals surface area contributed by atoms with Gasteiger partial charge in [-0.15, -0.1) is 0 Å². The molecule has 1 unspecified atom stereocenters. The molecule has 1 saturated heterocycles. The zero-order chi connectivity index (χ0) is 29.9. The molecule has 4 rings (SSSR count). The van der Waals surface area contributed by atoms with Gasteiger partial charge in [-0.1, -0.05) is 54.1 Å². The van der Waals surface area contributed by atoms with E-state index >= 15 is 0 Å². The Balaban J connectivity index is 1.27. The van der Waals surface area contributed by atoms with E-state index < -0.39 is 0 Å². The summed E-state index contributed by atoms with van der Waals surface area (Å²) in [5, 5.41) is 6.57. The van der Waals surface area contributed by atoms with E-state index in [1.807, 2.05) is 23.1 Å². The lowest BCUT2D eigenvalue weighted by atomic mass is 9.97. The predicted octanol–water partition coefficient (Wildman–Crippen LogP) is 3.90. The number of halogens is 1. The summed E-state index contributed by atoms with van der Waals surface area (Å²) in [5.41, 5.74) is 3.18. The van der Waals surface area contributed by atoms with Gasteiger partial charge in [-0.25, -0.2) is 0 Å². The van der Waals surface area contributed by atoms with Crippen LogP contribution in [0.3, 0.4) is 0 Å². The maximum atomic E-state index is 13.0. The number of carbonyl (C=O) groups excluding carboxylic acids is 2. The van der Waals surface area contributed by atoms with E-state index in [-0.39, 0.29) is 37.5 Å². The average molecular weight is 595 g/mol. The molecule has 1 atom stereocenters. The molecular weight excluding hydrogens is 556 g/mol. The van der Waals surface area contributed by atoms with Crippen LogP contribution in [0.1, 0.15) is 29.2 Å². The Bertz CT molecular complexity index is 1300. The van der Waals surface area contributed by atoms with Crippen LogP contribution in [-0.2, 0) is 16.1 Å². The number of rotatable bonds is 12. The van der Waals surface area contributed by atoms with Gasteiger partial charge in [0.05, 0.1) is 40.5 Å². The third-order valence-electron chi connectivity index (χ3n) is 7.33. The van der Waals surface area contributed by atoms with Crippen molar-refractivity contribution >= 4 is 23.4 Å². The van der Waals surface area contributed by atoms with Gasteiger partial charge in [0.15, 0.2) is 11.5 Å². The van der Waals surface area contributed by atoms with Gasteiger partial charge in [0, 0.05) is 37.7 Å². The first-order valence-corrected chi connectivity index (χ1v) is 14.4. The zero-order valence-electron chi connectivity index (χ0n) is 24.4. The summed E-state index contributed by atoms with van der Waals surface area (Å²) < 4.78 is 16.1. The maximum Gasteiger partial charge on any atom is 0.236 e. The molecule has 1 fully saturated rings. The highest BCUT2D eigenvalue weighted by molar-refractivity contribution is 6.30. The van der Waals surface area contributed by atoms with E-state index in [4.69, 9.17) is 25.8 Å². The van der Waals surface area contributed by atoms with Crippen LogP contribution in [0, 0.1) is 0 Å². The molecule has 0 bridgehead atoms. The van der Waals surface area contributed by atoms with E-state index in [2.05, 4.69) is 51.9 Å². The fourth-order valence-electron chi connectivity index (χ4n) is 5.23. The highest BCUT2D eigenvalue weighted by Crippen LogP contribution is 2.38. The third-order valence-corrected chi connectivity index (χ3v) is 7.58. The van der Waals surface area contributed by atoms with E-state index in [1.54, 1.807) is 33.5 Å². The SMILES string of the molecule is COc1cc(CNC(=O)CNCC(=O)N2CCCN(C(c3ccccc3)c3ccc(Cl)cc3)CC2)cc(OC)c1OC. The highest BCUT2D eigenvalue weighted by Gasteiger charge is 2.26. The van der Waals surface area contributed by atoms with Gasteiger partial charge in [-0.05, 0) is 47.4 Å². The minimum Gasteiger partial charge on any atom is -0.493 e.